The molecule has 136 valence electrons. The minimum absolute atomic E-state index is 0.0839. The Morgan fingerprint density at radius 2 is 1.67 bits per heavy atom. The van der Waals surface area contributed by atoms with Crippen LogP contribution in [0.5, 0.6) is 11.5 Å². The molecule has 6 heteroatoms. The van der Waals surface area contributed by atoms with E-state index >= 15 is 0 Å². The van der Waals surface area contributed by atoms with E-state index in [2.05, 4.69) is 0 Å². The van der Waals surface area contributed by atoms with E-state index in [1.807, 2.05) is 6.07 Å². The van der Waals surface area contributed by atoms with Gasteiger partial charge in [0.05, 0.1) is 19.9 Å². The third kappa shape index (κ3) is 2.52. The molecule has 0 bridgehead atoms. The van der Waals surface area contributed by atoms with E-state index in [0.717, 1.165) is 5.56 Å². The standard InChI is InChI=1S/C21H17NO5/c1-26-15-10-13-8-9-22-18(14(13)11-16(15)27-2)17(20(24)21(22)25)19(23)12-6-4-3-5-7-12/h3-7,10-11H,8-9H2,1-2H3. The number of methoxy groups -OCH3 is 2. The molecular weight excluding hydrogens is 346 g/mol. The molecule has 0 atom stereocenters. The molecule has 0 unspecified atom stereocenters. The smallest absolute Gasteiger partial charge is 0.299 e. The van der Waals surface area contributed by atoms with Gasteiger partial charge in [-0.25, -0.2) is 0 Å². The molecular formula is C21H17NO5. The van der Waals surface area contributed by atoms with Crippen molar-refractivity contribution in [2.45, 2.75) is 6.42 Å². The summed E-state index contributed by atoms with van der Waals surface area (Å²) in [5, 5.41) is 0. The van der Waals surface area contributed by atoms with Crippen molar-refractivity contribution in [1.29, 1.82) is 0 Å². The van der Waals surface area contributed by atoms with Gasteiger partial charge in [0.15, 0.2) is 17.3 Å². The highest BCUT2D eigenvalue weighted by molar-refractivity contribution is 6.56. The number of hydrogen-bond donors (Lipinski definition) is 0. The minimum Gasteiger partial charge on any atom is -0.493 e. The zero-order valence-electron chi connectivity index (χ0n) is 14.9. The first-order chi connectivity index (χ1) is 13.1. The summed E-state index contributed by atoms with van der Waals surface area (Å²) < 4.78 is 10.7. The first-order valence-corrected chi connectivity index (χ1v) is 8.52. The number of nitrogens with zero attached hydrogens (tertiary/aromatic N) is 1. The van der Waals surface area contributed by atoms with Crippen LogP contribution in [0.1, 0.15) is 21.5 Å². The number of ether oxygens (including phenoxy) is 2. The maximum Gasteiger partial charge on any atom is 0.299 e. The van der Waals surface area contributed by atoms with Crippen LogP contribution in [0.25, 0.3) is 5.70 Å². The molecule has 2 aromatic rings. The number of carbonyl (C=O) groups is 3. The van der Waals surface area contributed by atoms with Crippen molar-refractivity contribution < 1.29 is 23.9 Å². The van der Waals surface area contributed by atoms with Gasteiger partial charge in [0.2, 0.25) is 0 Å². The first kappa shape index (κ1) is 17.0. The van der Waals surface area contributed by atoms with Crippen LogP contribution in [-0.4, -0.2) is 43.1 Å². The Balaban J connectivity index is 1.95. The van der Waals surface area contributed by atoms with Gasteiger partial charge in [-0.15, -0.1) is 0 Å². The highest BCUT2D eigenvalue weighted by Crippen LogP contribution is 2.42. The van der Waals surface area contributed by atoms with Crippen molar-refractivity contribution in [3.8, 4) is 11.5 Å². The maximum atomic E-state index is 13.0. The summed E-state index contributed by atoms with van der Waals surface area (Å²) in [5.74, 6) is -0.832. The van der Waals surface area contributed by atoms with Crippen LogP contribution in [0.15, 0.2) is 48.0 Å². The Kier molecular flexibility index (Phi) is 4.03. The van der Waals surface area contributed by atoms with Gasteiger partial charge in [-0.3, -0.25) is 14.4 Å². The summed E-state index contributed by atoms with van der Waals surface area (Å²) in [6.45, 7) is 0.341. The van der Waals surface area contributed by atoms with Gasteiger partial charge in [-0.05, 0) is 24.1 Å². The number of Topliss-reactive ketones (excluding diaryl/α,β-unsaturated/α-hetero) is 2. The largest absolute Gasteiger partial charge is 0.493 e. The zero-order chi connectivity index (χ0) is 19.1. The van der Waals surface area contributed by atoms with E-state index in [1.54, 1.807) is 43.5 Å². The molecule has 0 aliphatic carbocycles. The summed E-state index contributed by atoms with van der Waals surface area (Å²) in [4.78, 5) is 39.6. The number of benzene rings is 2. The van der Waals surface area contributed by atoms with Gasteiger partial charge in [-0.1, -0.05) is 30.3 Å². The van der Waals surface area contributed by atoms with Crippen LogP contribution in [0.2, 0.25) is 0 Å². The molecule has 1 amide bonds. The van der Waals surface area contributed by atoms with E-state index in [9.17, 15) is 14.4 Å². The monoisotopic (exact) mass is 363 g/mol. The van der Waals surface area contributed by atoms with E-state index < -0.39 is 17.5 Å². The average Bonchev–Trinajstić information content (AvgIpc) is 2.97. The maximum absolute atomic E-state index is 13.0. The number of rotatable bonds is 4. The van der Waals surface area contributed by atoms with E-state index in [0.29, 0.717) is 41.3 Å². The van der Waals surface area contributed by atoms with Gasteiger partial charge in [-0.2, -0.15) is 0 Å². The summed E-state index contributed by atoms with van der Waals surface area (Å²) in [6, 6.07) is 12.1. The quantitative estimate of drug-likeness (QED) is 0.473. The summed E-state index contributed by atoms with van der Waals surface area (Å²) >= 11 is 0. The number of hydrogen-bond acceptors (Lipinski definition) is 5. The second-order valence-electron chi connectivity index (χ2n) is 6.32. The predicted octanol–water partition coefficient (Wildman–Crippen LogP) is 2.27. The lowest BCUT2D eigenvalue weighted by Gasteiger charge is -2.28. The molecule has 0 radical (unpaired) electrons. The van der Waals surface area contributed by atoms with Gasteiger partial charge in [0.1, 0.15) is 5.57 Å². The molecule has 2 aromatic carbocycles. The molecule has 27 heavy (non-hydrogen) atoms. The van der Waals surface area contributed by atoms with Gasteiger partial charge in [0.25, 0.3) is 11.7 Å². The Labute approximate surface area is 156 Å². The summed E-state index contributed by atoms with van der Waals surface area (Å²) in [6.07, 6.45) is 0.561. The molecule has 2 aliphatic rings. The normalized spacial score (nSPS) is 15.6. The van der Waals surface area contributed by atoms with E-state index in [1.165, 1.54) is 12.0 Å². The molecule has 0 saturated heterocycles. The van der Waals surface area contributed by atoms with Crippen molar-refractivity contribution in [3.63, 3.8) is 0 Å². The fourth-order valence-corrected chi connectivity index (χ4v) is 3.59. The van der Waals surface area contributed by atoms with Gasteiger partial charge < -0.3 is 14.4 Å². The molecule has 4 rings (SSSR count). The minimum atomic E-state index is -0.763. The summed E-state index contributed by atoms with van der Waals surface area (Å²) in [5.41, 5.74) is 2.20. The molecule has 0 saturated carbocycles. The summed E-state index contributed by atoms with van der Waals surface area (Å²) in [7, 11) is 3.06. The molecule has 0 spiro atoms. The Hall–Kier alpha value is -3.41. The lowest BCUT2D eigenvalue weighted by atomic mass is 9.92. The number of fused-ring (bicyclic) bond motifs is 3. The van der Waals surface area contributed by atoms with Crippen molar-refractivity contribution in [2.24, 2.45) is 0 Å². The van der Waals surface area contributed by atoms with Crippen LogP contribution in [-0.2, 0) is 16.0 Å². The zero-order valence-corrected chi connectivity index (χ0v) is 14.9. The van der Waals surface area contributed by atoms with Crippen molar-refractivity contribution in [2.75, 3.05) is 20.8 Å². The van der Waals surface area contributed by atoms with Crippen LogP contribution >= 0.6 is 0 Å². The first-order valence-electron chi connectivity index (χ1n) is 8.52. The average molecular weight is 363 g/mol. The molecule has 0 N–H and O–H groups in total. The topological polar surface area (TPSA) is 72.9 Å². The predicted molar refractivity (Wildman–Crippen MR) is 97.7 cm³/mol. The van der Waals surface area contributed by atoms with E-state index in [4.69, 9.17) is 9.47 Å². The van der Waals surface area contributed by atoms with Crippen molar-refractivity contribution in [3.05, 3.63) is 64.7 Å². The Bertz CT molecular complexity index is 1010. The van der Waals surface area contributed by atoms with E-state index in [-0.39, 0.29) is 5.57 Å². The second kappa shape index (κ2) is 6.39. The van der Waals surface area contributed by atoms with Gasteiger partial charge in [0, 0.05) is 17.7 Å². The second-order valence-corrected chi connectivity index (χ2v) is 6.32. The SMILES string of the molecule is COc1cc2c(cc1OC)C1=C(C(=O)c3ccccc3)C(=O)C(=O)N1CC2. The Morgan fingerprint density at radius 3 is 2.33 bits per heavy atom. The third-order valence-corrected chi connectivity index (χ3v) is 4.91. The molecule has 0 aromatic heterocycles. The fraction of sp³-hybridized carbons (Fsp3) is 0.190. The van der Waals surface area contributed by atoms with Gasteiger partial charge >= 0.3 is 0 Å². The van der Waals surface area contributed by atoms with Crippen LogP contribution in [0.4, 0.5) is 0 Å². The molecule has 2 aliphatic heterocycles. The lowest BCUT2D eigenvalue weighted by molar-refractivity contribution is -0.139. The number of amides is 1. The fourth-order valence-electron chi connectivity index (χ4n) is 3.59. The highest BCUT2D eigenvalue weighted by Gasteiger charge is 2.44. The molecule has 0 fully saturated rings. The Morgan fingerprint density at radius 1 is 1.00 bits per heavy atom. The molecule has 2 heterocycles. The van der Waals surface area contributed by atoms with Crippen LogP contribution in [0, 0.1) is 0 Å². The lowest BCUT2D eigenvalue weighted by Crippen LogP contribution is -2.33. The van der Waals surface area contributed by atoms with Crippen molar-refractivity contribution in [1.82, 2.24) is 4.90 Å². The van der Waals surface area contributed by atoms with Crippen LogP contribution < -0.4 is 9.47 Å². The van der Waals surface area contributed by atoms with Crippen molar-refractivity contribution >= 4 is 23.2 Å². The highest BCUT2D eigenvalue weighted by atomic mass is 16.5. The van der Waals surface area contributed by atoms with Crippen LogP contribution in [0.3, 0.4) is 0 Å². The molecule has 6 nitrogen and oxygen atoms in total. The third-order valence-electron chi connectivity index (χ3n) is 4.91. The number of carbonyl (C=O) groups excluding carboxylic acids is 3. The number of ketones is 2.